The van der Waals surface area contributed by atoms with Crippen LogP contribution in [0.1, 0.15) is 6.42 Å². The van der Waals surface area contributed by atoms with E-state index in [0.29, 0.717) is 0 Å². The summed E-state index contributed by atoms with van der Waals surface area (Å²) in [5.41, 5.74) is 9.19. The van der Waals surface area contributed by atoms with Crippen LogP contribution < -0.4 is 11.5 Å². The first-order valence-electron chi connectivity index (χ1n) is 2.79. The summed E-state index contributed by atoms with van der Waals surface area (Å²) in [6.07, 6.45) is -0.811. The molecule has 0 aromatic carbocycles. The summed E-state index contributed by atoms with van der Waals surface area (Å²) in [5, 5.41) is -1.95. The first-order valence-corrected chi connectivity index (χ1v) is 4.29. The molecule has 0 rings (SSSR count). The molecule has 0 bridgehead atoms. The van der Waals surface area contributed by atoms with Gasteiger partial charge in [-0.2, -0.15) is 8.42 Å². The number of carbonyl (C=O) groups excluding carboxylic acids is 2. The average Bonchev–Trinajstić information content (AvgIpc) is 1.79. The van der Waals surface area contributed by atoms with Crippen LogP contribution in [0.5, 0.6) is 0 Å². The van der Waals surface area contributed by atoms with Gasteiger partial charge in [-0.3, -0.25) is 14.1 Å². The van der Waals surface area contributed by atoms with E-state index in [2.05, 4.69) is 11.5 Å². The quantitative estimate of drug-likeness (QED) is 0.345. The number of amides is 2. The third-order valence-electron chi connectivity index (χ3n) is 1.06. The number of primary amides is 2. The molecular formula is C4H10N2Na2O5S. The van der Waals surface area contributed by atoms with Crippen molar-refractivity contribution in [2.75, 3.05) is 0 Å². The molecule has 0 saturated heterocycles. The van der Waals surface area contributed by atoms with Gasteiger partial charge >= 0.3 is 59.1 Å². The Morgan fingerprint density at radius 2 is 1.57 bits per heavy atom. The van der Waals surface area contributed by atoms with E-state index in [9.17, 15) is 18.0 Å². The topological polar surface area (TPSA) is 141 Å². The van der Waals surface area contributed by atoms with Crippen molar-refractivity contribution in [2.45, 2.75) is 11.7 Å². The van der Waals surface area contributed by atoms with E-state index >= 15 is 0 Å². The zero-order valence-corrected chi connectivity index (χ0v) is 6.74. The predicted molar refractivity (Wildman–Crippen MR) is 52.6 cm³/mol. The molecule has 5 N–H and O–H groups in total. The second-order valence-corrected chi connectivity index (χ2v) is 3.68. The second kappa shape index (κ2) is 8.05. The van der Waals surface area contributed by atoms with Crippen LogP contribution in [0.4, 0.5) is 0 Å². The summed E-state index contributed by atoms with van der Waals surface area (Å²) in [4.78, 5) is 20.6. The summed E-state index contributed by atoms with van der Waals surface area (Å²) >= 11 is 0. The summed E-state index contributed by atoms with van der Waals surface area (Å²) in [6.45, 7) is 0. The first kappa shape index (κ1) is 20.3. The fourth-order valence-electron chi connectivity index (χ4n) is 0.535. The van der Waals surface area contributed by atoms with Gasteiger partial charge in [-0.15, -0.1) is 0 Å². The second-order valence-electron chi connectivity index (χ2n) is 2.08. The van der Waals surface area contributed by atoms with Crippen LogP contribution in [0.25, 0.3) is 0 Å². The molecule has 0 aliphatic heterocycles. The van der Waals surface area contributed by atoms with Crippen molar-refractivity contribution in [1.82, 2.24) is 0 Å². The van der Waals surface area contributed by atoms with E-state index in [1.165, 1.54) is 0 Å². The third-order valence-corrected chi connectivity index (χ3v) is 2.18. The van der Waals surface area contributed by atoms with Crippen molar-refractivity contribution in [1.29, 1.82) is 0 Å². The SMILES string of the molecule is NC(=O)CC(C(N)=O)S(=O)(=O)O.[NaH].[NaH]. The fraction of sp³-hybridized carbons (Fsp3) is 0.500. The van der Waals surface area contributed by atoms with Gasteiger partial charge in [0.2, 0.25) is 11.8 Å². The number of hydrogen-bond donors (Lipinski definition) is 3. The van der Waals surface area contributed by atoms with Crippen LogP contribution in [0.3, 0.4) is 0 Å². The molecule has 0 heterocycles. The van der Waals surface area contributed by atoms with Crippen molar-refractivity contribution >= 4 is 81.0 Å². The Morgan fingerprint density at radius 1 is 1.21 bits per heavy atom. The summed E-state index contributed by atoms with van der Waals surface area (Å²) in [7, 11) is -4.63. The van der Waals surface area contributed by atoms with Crippen molar-refractivity contribution in [3.63, 3.8) is 0 Å². The van der Waals surface area contributed by atoms with Crippen molar-refractivity contribution in [3.8, 4) is 0 Å². The van der Waals surface area contributed by atoms with Crippen LogP contribution in [0, 0.1) is 0 Å². The first-order chi connectivity index (χ1) is 5.25. The molecule has 74 valence electrons. The monoisotopic (exact) mass is 244 g/mol. The predicted octanol–water partition coefficient (Wildman–Crippen LogP) is -3.69. The number of carbonyl (C=O) groups is 2. The summed E-state index contributed by atoms with van der Waals surface area (Å²) in [6, 6.07) is 0. The molecule has 1 atom stereocenters. The Balaban J connectivity index is -0.000000605. The van der Waals surface area contributed by atoms with E-state index in [1.54, 1.807) is 0 Å². The number of nitrogens with two attached hydrogens (primary N) is 2. The summed E-state index contributed by atoms with van der Waals surface area (Å²) < 4.78 is 29.1. The van der Waals surface area contributed by atoms with E-state index in [1.807, 2.05) is 0 Å². The maximum absolute atomic E-state index is 10.4. The zero-order chi connectivity index (χ0) is 9.94. The minimum atomic E-state index is -4.63. The van der Waals surface area contributed by atoms with E-state index in [0.717, 1.165) is 0 Å². The standard InChI is InChI=1S/C4H8N2O5S.2Na.2H/c5-3(7)1-2(4(6)8)12(9,10)11;;;;/h2H,1H2,(H2,5,7)(H2,6,8)(H,9,10,11);;;;. The van der Waals surface area contributed by atoms with E-state index in [4.69, 9.17) is 4.55 Å². The van der Waals surface area contributed by atoms with E-state index < -0.39 is 33.6 Å². The van der Waals surface area contributed by atoms with Gasteiger partial charge < -0.3 is 11.5 Å². The maximum atomic E-state index is 10.4. The normalized spacial score (nSPS) is 11.8. The molecule has 1 unspecified atom stereocenters. The molecule has 0 fully saturated rings. The molecule has 0 saturated carbocycles. The van der Waals surface area contributed by atoms with Gasteiger partial charge in [0.1, 0.15) is 0 Å². The van der Waals surface area contributed by atoms with Crippen LogP contribution in [0.15, 0.2) is 0 Å². The number of hydrogen-bond acceptors (Lipinski definition) is 4. The molecule has 0 spiro atoms. The van der Waals surface area contributed by atoms with E-state index in [-0.39, 0.29) is 59.1 Å². The van der Waals surface area contributed by atoms with Crippen LogP contribution in [-0.4, -0.2) is 89.1 Å². The number of rotatable bonds is 4. The van der Waals surface area contributed by atoms with Gasteiger partial charge in [0.15, 0.2) is 5.25 Å². The van der Waals surface area contributed by atoms with Gasteiger partial charge in [-0.05, 0) is 0 Å². The van der Waals surface area contributed by atoms with Crippen LogP contribution in [-0.2, 0) is 19.7 Å². The molecule has 0 radical (unpaired) electrons. The molecule has 2 amide bonds. The van der Waals surface area contributed by atoms with Crippen LogP contribution in [0.2, 0.25) is 0 Å². The fourth-order valence-corrected chi connectivity index (χ4v) is 1.20. The Hall–Kier alpha value is 0.850. The zero-order valence-electron chi connectivity index (χ0n) is 5.93. The minimum absolute atomic E-state index is 0. The van der Waals surface area contributed by atoms with Crippen molar-refractivity contribution < 1.29 is 22.6 Å². The van der Waals surface area contributed by atoms with Crippen molar-refractivity contribution in [3.05, 3.63) is 0 Å². The molecule has 0 aromatic rings. The molecule has 14 heavy (non-hydrogen) atoms. The Morgan fingerprint density at radius 3 is 1.64 bits per heavy atom. The molecule has 0 aliphatic carbocycles. The van der Waals surface area contributed by atoms with Crippen LogP contribution >= 0.6 is 0 Å². The third kappa shape index (κ3) is 8.18. The van der Waals surface area contributed by atoms with Crippen molar-refractivity contribution in [2.24, 2.45) is 11.5 Å². The average molecular weight is 244 g/mol. The van der Waals surface area contributed by atoms with Gasteiger partial charge in [0.05, 0.1) is 6.42 Å². The molecular weight excluding hydrogens is 234 g/mol. The molecule has 0 aromatic heterocycles. The molecule has 0 aliphatic rings. The van der Waals surface area contributed by atoms with Gasteiger partial charge in [-0.1, -0.05) is 0 Å². The van der Waals surface area contributed by atoms with Gasteiger partial charge in [0.25, 0.3) is 10.1 Å². The molecule has 10 heteroatoms. The molecule has 7 nitrogen and oxygen atoms in total. The Bertz CT molecular complexity index is 303. The van der Waals surface area contributed by atoms with Gasteiger partial charge in [-0.25, -0.2) is 0 Å². The summed E-state index contributed by atoms with van der Waals surface area (Å²) in [5.74, 6) is -2.34. The Labute approximate surface area is 125 Å². The van der Waals surface area contributed by atoms with Gasteiger partial charge in [0, 0.05) is 0 Å². The Kier molecular flexibility index (Phi) is 11.7.